The summed E-state index contributed by atoms with van der Waals surface area (Å²) in [5.74, 6) is 0.154. The molecule has 0 unspecified atom stereocenters. The van der Waals surface area contributed by atoms with Gasteiger partial charge in [-0.15, -0.1) is 0 Å². The molecule has 1 amide bonds. The number of aldehydes is 1. The number of nitrogens with one attached hydrogen (secondary N) is 1. The molecule has 2 aromatic carbocycles. The van der Waals surface area contributed by atoms with E-state index in [1.165, 1.54) is 6.07 Å². The number of nitrogens with zero attached hydrogens (tertiary/aromatic N) is 2. The first-order valence-electron chi connectivity index (χ1n) is 14.1. The maximum absolute atomic E-state index is 13.0. The quantitative estimate of drug-likeness (QED) is 0.215. The Morgan fingerprint density at radius 1 is 1.07 bits per heavy atom. The lowest BCUT2D eigenvalue weighted by Crippen LogP contribution is -2.36. The highest BCUT2D eigenvalue weighted by Gasteiger charge is 2.17. The van der Waals surface area contributed by atoms with Gasteiger partial charge in [0.05, 0.1) is 17.4 Å². The minimum absolute atomic E-state index is 0.0817. The lowest BCUT2D eigenvalue weighted by atomic mass is 9.99. The number of hydrogen-bond donors (Lipinski definition) is 1. The molecule has 2 rings (SSSR count). The standard InChI is InChI=1S/C30H35N3O3.2C2H6/c1-7-28(32-22(6)20(2)3)24-12-10-23(11-13-24)17-27(9-8-16-34)33-30(35)25-14-15-29(36-21(4)5)26(18-25)19-31;2*1-2/h7,10-16,18,21,27H,2,8-9,17H2,1,3-6H3,(H,33,35);2*1-2H3/b28-7-,32-22?;;/t27-;;/m1../s1. The van der Waals surface area contributed by atoms with Crippen molar-refractivity contribution in [3.8, 4) is 11.8 Å². The van der Waals surface area contributed by atoms with E-state index in [0.717, 1.165) is 34.4 Å². The highest BCUT2D eigenvalue weighted by molar-refractivity contribution is 6.00. The number of rotatable bonds is 12. The Bertz CT molecular complexity index is 1190. The maximum Gasteiger partial charge on any atom is 0.251 e. The van der Waals surface area contributed by atoms with Gasteiger partial charge in [-0.2, -0.15) is 5.26 Å². The van der Waals surface area contributed by atoms with Crippen LogP contribution in [0.4, 0.5) is 0 Å². The number of amides is 1. The number of benzene rings is 2. The third kappa shape index (κ3) is 12.3. The number of nitriles is 1. The summed E-state index contributed by atoms with van der Waals surface area (Å²) < 4.78 is 5.64. The van der Waals surface area contributed by atoms with E-state index in [1.807, 2.05) is 92.7 Å². The average Bonchev–Trinajstić information content (AvgIpc) is 2.96. The second-order valence-corrected chi connectivity index (χ2v) is 8.96. The molecule has 1 N–H and O–H groups in total. The number of aliphatic imine (C=N–C) groups is 1. The Hall–Kier alpha value is -3.98. The molecule has 0 heterocycles. The molecule has 0 aliphatic heterocycles. The minimum atomic E-state index is -0.295. The van der Waals surface area contributed by atoms with Crippen molar-refractivity contribution in [3.63, 3.8) is 0 Å². The fourth-order valence-electron chi connectivity index (χ4n) is 3.55. The van der Waals surface area contributed by atoms with Crippen molar-refractivity contribution < 1.29 is 14.3 Å². The van der Waals surface area contributed by atoms with Crippen LogP contribution in [0.2, 0.25) is 0 Å². The van der Waals surface area contributed by atoms with E-state index in [0.29, 0.717) is 36.1 Å². The van der Waals surface area contributed by atoms with E-state index in [4.69, 9.17) is 4.74 Å². The second kappa shape index (κ2) is 20.0. The van der Waals surface area contributed by atoms with Gasteiger partial charge in [0, 0.05) is 23.7 Å². The van der Waals surface area contributed by atoms with Crippen LogP contribution in [-0.4, -0.2) is 30.1 Å². The number of hydrogen-bond acceptors (Lipinski definition) is 5. The predicted octanol–water partition coefficient (Wildman–Crippen LogP) is 8.12. The largest absolute Gasteiger partial charge is 0.490 e. The lowest BCUT2D eigenvalue weighted by Gasteiger charge is -2.19. The van der Waals surface area contributed by atoms with Crippen LogP contribution in [0.25, 0.3) is 5.70 Å². The van der Waals surface area contributed by atoms with Gasteiger partial charge in [-0.05, 0) is 82.4 Å². The monoisotopic (exact) mass is 545 g/mol. The predicted molar refractivity (Wildman–Crippen MR) is 168 cm³/mol. The normalized spacial score (nSPS) is 11.6. The topological polar surface area (TPSA) is 91.6 Å². The van der Waals surface area contributed by atoms with Crippen molar-refractivity contribution in [1.82, 2.24) is 5.32 Å². The molecular weight excluding hydrogens is 498 g/mol. The van der Waals surface area contributed by atoms with Crippen molar-refractivity contribution in [2.24, 2.45) is 4.99 Å². The van der Waals surface area contributed by atoms with Crippen LogP contribution in [-0.2, 0) is 11.2 Å². The first-order chi connectivity index (χ1) is 19.2. The Labute approximate surface area is 241 Å². The van der Waals surface area contributed by atoms with Crippen LogP contribution in [0.5, 0.6) is 5.75 Å². The van der Waals surface area contributed by atoms with E-state index in [2.05, 4.69) is 23.0 Å². The summed E-state index contributed by atoms with van der Waals surface area (Å²) in [7, 11) is 0. The average molecular weight is 546 g/mol. The molecule has 0 saturated carbocycles. The van der Waals surface area contributed by atoms with Crippen molar-refractivity contribution in [2.75, 3.05) is 0 Å². The third-order valence-electron chi connectivity index (χ3n) is 5.60. The van der Waals surface area contributed by atoms with Gasteiger partial charge in [0.15, 0.2) is 0 Å². The molecule has 0 aliphatic rings. The zero-order valence-electron chi connectivity index (χ0n) is 25.8. The van der Waals surface area contributed by atoms with Gasteiger partial charge in [-0.3, -0.25) is 9.79 Å². The molecule has 40 heavy (non-hydrogen) atoms. The molecule has 216 valence electrons. The molecule has 0 fully saturated rings. The highest BCUT2D eigenvalue weighted by atomic mass is 16.5. The second-order valence-electron chi connectivity index (χ2n) is 8.96. The number of carbonyl (C=O) groups is 2. The Kier molecular flexibility index (Phi) is 18.0. The van der Waals surface area contributed by atoms with Crippen molar-refractivity contribution in [3.05, 3.63) is 82.9 Å². The van der Waals surface area contributed by atoms with Gasteiger partial charge < -0.3 is 14.8 Å². The summed E-state index contributed by atoms with van der Waals surface area (Å²) in [6.45, 7) is 21.5. The molecule has 6 heteroatoms. The molecule has 6 nitrogen and oxygen atoms in total. The summed E-state index contributed by atoms with van der Waals surface area (Å²) in [5.41, 5.74) is 5.37. The number of ether oxygens (including phenoxy) is 1. The number of carbonyl (C=O) groups excluding carboxylic acids is 2. The van der Waals surface area contributed by atoms with Crippen LogP contribution in [0, 0.1) is 11.3 Å². The first-order valence-corrected chi connectivity index (χ1v) is 14.1. The molecule has 0 spiro atoms. The number of allylic oxidation sites excluding steroid dienone is 2. The summed E-state index contributed by atoms with van der Waals surface area (Å²) in [5, 5.41) is 12.5. The van der Waals surface area contributed by atoms with Crippen LogP contribution in [0.3, 0.4) is 0 Å². The van der Waals surface area contributed by atoms with E-state index >= 15 is 0 Å². The summed E-state index contributed by atoms with van der Waals surface area (Å²) >= 11 is 0. The van der Waals surface area contributed by atoms with Crippen molar-refractivity contribution in [2.45, 2.75) is 93.7 Å². The van der Waals surface area contributed by atoms with Crippen molar-refractivity contribution in [1.29, 1.82) is 5.26 Å². The molecule has 0 aromatic heterocycles. The minimum Gasteiger partial charge on any atom is -0.490 e. The summed E-state index contributed by atoms with van der Waals surface area (Å²) in [6, 6.07) is 14.7. The molecule has 0 saturated heterocycles. The third-order valence-corrected chi connectivity index (χ3v) is 5.60. The summed E-state index contributed by atoms with van der Waals surface area (Å²) in [4.78, 5) is 28.7. The fourth-order valence-corrected chi connectivity index (χ4v) is 3.55. The zero-order chi connectivity index (χ0) is 30.7. The molecule has 1 atom stereocenters. The molecule has 0 radical (unpaired) electrons. The zero-order valence-corrected chi connectivity index (χ0v) is 25.8. The SMILES string of the molecule is C=C(C)C(C)=N/C(=C\C)c1ccc(C[C@@H](CCC=O)NC(=O)c2ccc(OC(C)C)c(C#N)c2)cc1.CC.CC. The van der Waals surface area contributed by atoms with E-state index in [9.17, 15) is 14.9 Å². The van der Waals surface area contributed by atoms with Gasteiger partial charge in [-0.1, -0.05) is 64.6 Å². The molecular formula is C34H47N3O3. The van der Waals surface area contributed by atoms with Crippen LogP contribution >= 0.6 is 0 Å². The van der Waals surface area contributed by atoms with Gasteiger partial charge in [-0.25, -0.2) is 0 Å². The Morgan fingerprint density at radius 2 is 1.68 bits per heavy atom. The lowest BCUT2D eigenvalue weighted by molar-refractivity contribution is -0.108. The molecule has 0 aliphatic carbocycles. The molecule has 0 bridgehead atoms. The fraction of sp³-hybridized carbons (Fsp3) is 0.412. The first kappa shape index (κ1) is 36.0. The van der Waals surface area contributed by atoms with Crippen LogP contribution < -0.4 is 10.1 Å². The van der Waals surface area contributed by atoms with Gasteiger partial charge in [0.25, 0.3) is 5.91 Å². The Balaban J connectivity index is 0.00000363. The molecule has 2 aromatic rings. The summed E-state index contributed by atoms with van der Waals surface area (Å²) in [6.07, 6.45) is 4.15. The van der Waals surface area contributed by atoms with Crippen LogP contribution in [0.1, 0.15) is 102 Å². The Morgan fingerprint density at radius 3 is 2.17 bits per heavy atom. The van der Waals surface area contributed by atoms with E-state index in [-0.39, 0.29) is 18.1 Å². The smallest absolute Gasteiger partial charge is 0.251 e. The van der Waals surface area contributed by atoms with Gasteiger partial charge in [0.1, 0.15) is 18.1 Å². The van der Waals surface area contributed by atoms with Crippen LogP contribution in [0.15, 0.2) is 65.7 Å². The van der Waals surface area contributed by atoms with E-state index in [1.54, 1.807) is 12.1 Å². The van der Waals surface area contributed by atoms with Crippen molar-refractivity contribution >= 4 is 23.6 Å². The van der Waals surface area contributed by atoms with Gasteiger partial charge in [0.2, 0.25) is 0 Å². The van der Waals surface area contributed by atoms with E-state index < -0.39 is 0 Å². The van der Waals surface area contributed by atoms with Gasteiger partial charge >= 0.3 is 0 Å². The highest BCUT2D eigenvalue weighted by Crippen LogP contribution is 2.22. The maximum atomic E-state index is 13.0.